The highest BCUT2D eigenvalue weighted by Gasteiger charge is 2.23. The van der Waals surface area contributed by atoms with E-state index in [-0.39, 0.29) is 11.5 Å². The molecular formula is C17H21NO3S. The van der Waals surface area contributed by atoms with Gasteiger partial charge in [0.05, 0.1) is 0 Å². The normalized spacial score (nSPS) is 12.4. The van der Waals surface area contributed by atoms with Crippen LogP contribution in [-0.2, 0) is 6.54 Å². The number of carbonyl (C=O) groups is 1. The maximum absolute atomic E-state index is 12.2. The Hall–Kier alpha value is -1.66. The standard InChI is InChI=1S/C17H21NO3S/c1-14-8-10-16(11-9-14)17(19)13-22(20,21)18(2)12-15-6-4-3-5-7-15/h3-11,20-21H,12-13H2,1-2H3. The van der Waals surface area contributed by atoms with Gasteiger partial charge in [0.25, 0.3) is 0 Å². The lowest BCUT2D eigenvalue weighted by atomic mass is 10.1. The highest BCUT2D eigenvalue weighted by molar-refractivity contribution is 8.22. The Morgan fingerprint density at radius 3 is 2.23 bits per heavy atom. The van der Waals surface area contributed by atoms with Crippen LogP contribution in [0.15, 0.2) is 54.6 Å². The van der Waals surface area contributed by atoms with Gasteiger partial charge in [0.2, 0.25) is 0 Å². The van der Waals surface area contributed by atoms with Crippen LogP contribution in [0.3, 0.4) is 0 Å². The number of aryl methyl sites for hydroxylation is 1. The zero-order chi connectivity index (χ0) is 16.2. The molecule has 0 saturated heterocycles. The molecule has 0 aliphatic rings. The van der Waals surface area contributed by atoms with Gasteiger partial charge < -0.3 is 0 Å². The summed E-state index contributed by atoms with van der Waals surface area (Å²) in [6.45, 7) is 2.32. The first-order valence-electron chi connectivity index (χ1n) is 6.99. The zero-order valence-electron chi connectivity index (χ0n) is 12.8. The van der Waals surface area contributed by atoms with Crippen LogP contribution in [0.2, 0.25) is 0 Å². The van der Waals surface area contributed by atoms with Crippen LogP contribution in [0.25, 0.3) is 0 Å². The fourth-order valence-corrected chi connectivity index (χ4v) is 3.15. The summed E-state index contributed by atoms with van der Waals surface area (Å²) in [5.41, 5.74) is 2.52. The van der Waals surface area contributed by atoms with E-state index < -0.39 is 10.8 Å². The third-order valence-electron chi connectivity index (χ3n) is 3.45. The van der Waals surface area contributed by atoms with Crippen molar-refractivity contribution in [2.45, 2.75) is 13.5 Å². The predicted octanol–water partition coefficient (Wildman–Crippen LogP) is 3.98. The van der Waals surface area contributed by atoms with Crippen LogP contribution < -0.4 is 0 Å². The van der Waals surface area contributed by atoms with E-state index in [0.717, 1.165) is 11.1 Å². The average molecular weight is 319 g/mol. The molecular weight excluding hydrogens is 298 g/mol. The number of Topliss-reactive ketones (excluding diaryl/α,β-unsaturated/α-hetero) is 1. The minimum absolute atomic E-state index is 0.264. The Morgan fingerprint density at radius 1 is 1.05 bits per heavy atom. The van der Waals surface area contributed by atoms with E-state index in [0.29, 0.717) is 12.1 Å². The second-order valence-corrected chi connectivity index (χ2v) is 7.51. The highest BCUT2D eigenvalue weighted by atomic mass is 32.3. The third-order valence-corrected chi connectivity index (χ3v) is 5.22. The topological polar surface area (TPSA) is 60.8 Å². The van der Waals surface area contributed by atoms with Crippen LogP contribution in [-0.4, -0.2) is 32.0 Å². The van der Waals surface area contributed by atoms with Gasteiger partial charge in [-0.1, -0.05) is 60.2 Å². The van der Waals surface area contributed by atoms with Crippen molar-refractivity contribution in [3.63, 3.8) is 0 Å². The molecule has 2 N–H and O–H groups in total. The summed E-state index contributed by atoms with van der Waals surface area (Å²) in [6.07, 6.45) is 0. The molecule has 0 bridgehead atoms. The van der Waals surface area contributed by atoms with Crippen molar-refractivity contribution in [1.29, 1.82) is 0 Å². The van der Waals surface area contributed by atoms with E-state index in [4.69, 9.17) is 0 Å². The van der Waals surface area contributed by atoms with Crippen LogP contribution in [0.5, 0.6) is 0 Å². The highest BCUT2D eigenvalue weighted by Crippen LogP contribution is 2.43. The molecule has 0 unspecified atom stereocenters. The van der Waals surface area contributed by atoms with Gasteiger partial charge in [0, 0.05) is 19.2 Å². The molecule has 0 amide bonds. The van der Waals surface area contributed by atoms with Gasteiger partial charge in [-0.15, -0.1) is 10.8 Å². The summed E-state index contributed by atoms with van der Waals surface area (Å²) >= 11 is 0. The van der Waals surface area contributed by atoms with Crippen LogP contribution in [0.4, 0.5) is 0 Å². The van der Waals surface area contributed by atoms with Crippen molar-refractivity contribution in [2.24, 2.45) is 0 Å². The van der Waals surface area contributed by atoms with Gasteiger partial charge in [-0.3, -0.25) is 13.9 Å². The van der Waals surface area contributed by atoms with Gasteiger partial charge in [-0.2, -0.15) is 0 Å². The maximum atomic E-state index is 12.2. The van der Waals surface area contributed by atoms with Crippen molar-refractivity contribution in [3.8, 4) is 0 Å². The second kappa shape index (κ2) is 7.07. The molecule has 4 nitrogen and oxygen atoms in total. The summed E-state index contributed by atoms with van der Waals surface area (Å²) in [5.74, 6) is -0.556. The minimum Gasteiger partial charge on any atom is -0.292 e. The molecule has 0 aliphatic heterocycles. The van der Waals surface area contributed by atoms with Crippen molar-refractivity contribution in [3.05, 3.63) is 71.3 Å². The lowest BCUT2D eigenvalue weighted by Crippen LogP contribution is -2.28. The fraction of sp³-hybridized carbons (Fsp3) is 0.235. The lowest BCUT2D eigenvalue weighted by Gasteiger charge is -2.40. The van der Waals surface area contributed by atoms with E-state index in [9.17, 15) is 13.9 Å². The molecule has 22 heavy (non-hydrogen) atoms. The summed E-state index contributed by atoms with van der Waals surface area (Å²) < 4.78 is 22.0. The Labute approximate surface area is 132 Å². The summed E-state index contributed by atoms with van der Waals surface area (Å²) in [6, 6.07) is 16.6. The number of ketones is 1. The van der Waals surface area contributed by atoms with Crippen molar-refractivity contribution >= 4 is 16.6 Å². The van der Waals surface area contributed by atoms with E-state index in [1.807, 2.05) is 49.4 Å². The maximum Gasteiger partial charge on any atom is 0.183 e. The quantitative estimate of drug-likeness (QED) is 0.791. The monoisotopic (exact) mass is 319 g/mol. The minimum atomic E-state index is -3.13. The number of benzene rings is 2. The first-order valence-corrected chi connectivity index (χ1v) is 8.67. The first kappa shape index (κ1) is 16.7. The van der Waals surface area contributed by atoms with E-state index in [2.05, 4.69) is 0 Å². The number of rotatable bonds is 6. The molecule has 0 atom stereocenters. The molecule has 0 saturated carbocycles. The lowest BCUT2D eigenvalue weighted by molar-refractivity contribution is 0.101. The zero-order valence-corrected chi connectivity index (χ0v) is 13.6. The number of hydrogen-bond donors (Lipinski definition) is 2. The van der Waals surface area contributed by atoms with E-state index in [1.54, 1.807) is 19.2 Å². The van der Waals surface area contributed by atoms with Crippen molar-refractivity contribution in [1.82, 2.24) is 4.31 Å². The van der Waals surface area contributed by atoms with Gasteiger partial charge in [0.15, 0.2) is 5.78 Å². The molecule has 0 heterocycles. The largest absolute Gasteiger partial charge is 0.292 e. The summed E-state index contributed by atoms with van der Waals surface area (Å²) in [5, 5.41) is 0. The predicted molar refractivity (Wildman–Crippen MR) is 91.1 cm³/mol. The molecule has 5 heteroatoms. The Bertz CT molecular complexity index is 626. The van der Waals surface area contributed by atoms with Gasteiger partial charge in [0.1, 0.15) is 5.75 Å². The summed E-state index contributed by atoms with van der Waals surface area (Å²) in [4.78, 5) is 12.2. The van der Waals surface area contributed by atoms with Crippen LogP contribution in [0, 0.1) is 6.92 Å². The molecule has 2 rings (SSSR count). The molecule has 2 aromatic rings. The van der Waals surface area contributed by atoms with Crippen LogP contribution >= 0.6 is 10.8 Å². The SMILES string of the molecule is Cc1ccc(C(=O)CS(O)(O)N(C)Cc2ccccc2)cc1. The first-order chi connectivity index (χ1) is 10.4. The molecule has 0 radical (unpaired) electrons. The van der Waals surface area contributed by atoms with Crippen LogP contribution in [0.1, 0.15) is 21.5 Å². The fourth-order valence-electron chi connectivity index (χ4n) is 2.05. The van der Waals surface area contributed by atoms with Gasteiger partial charge in [-0.25, -0.2) is 4.31 Å². The van der Waals surface area contributed by atoms with Gasteiger partial charge in [-0.05, 0) is 12.5 Å². The van der Waals surface area contributed by atoms with E-state index in [1.165, 1.54) is 4.31 Å². The molecule has 0 aliphatic carbocycles. The smallest absolute Gasteiger partial charge is 0.183 e. The number of carbonyl (C=O) groups excluding carboxylic acids is 1. The number of nitrogens with zero attached hydrogens (tertiary/aromatic N) is 1. The summed E-state index contributed by atoms with van der Waals surface area (Å²) in [7, 11) is -1.52. The van der Waals surface area contributed by atoms with E-state index >= 15 is 0 Å². The third kappa shape index (κ3) is 4.42. The molecule has 0 fully saturated rings. The van der Waals surface area contributed by atoms with Crippen molar-refractivity contribution in [2.75, 3.05) is 12.8 Å². The molecule has 0 spiro atoms. The molecule has 118 valence electrons. The number of hydrogen-bond acceptors (Lipinski definition) is 4. The Morgan fingerprint density at radius 2 is 1.64 bits per heavy atom. The Balaban J connectivity index is 2.03. The molecule has 0 aromatic heterocycles. The van der Waals surface area contributed by atoms with Crippen molar-refractivity contribution < 1.29 is 13.9 Å². The average Bonchev–Trinajstić information content (AvgIpc) is 2.48. The Kier molecular flexibility index (Phi) is 5.37. The second-order valence-electron chi connectivity index (χ2n) is 5.34. The van der Waals surface area contributed by atoms with Gasteiger partial charge >= 0.3 is 0 Å². The molecule has 2 aromatic carbocycles.